The quantitative estimate of drug-likeness (QED) is 0.794. The molecule has 3 nitrogen and oxygen atoms in total. The van der Waals surface area contributed by atoms with Gasteiger partial charge in [0.25, 0.3) is 8.32 Å². The van der Waals surface area contributed by atoms with E-state index in [1.807, 2.05) is 0 Å². The molecule has 4 heteroatoms. The Morgan fingerprint density at radius 1 is 0.962 bits per heavy atom. The monoisotopic (exact) mass is 369 g/mol. The number of hydrogen-bond donors (Lipinski definition) is 1. The van der Waals surface area contributed by atoms with Crippen molar-refractivity contribution in [1.29, 1.82) is 0 Å². The van der Waals surface area contributed by atoms with Crippen LogP contribution in [0, 0.1) is 0 Å². The van der Waals surface area contributed by atoms with Crippen LogP contribution in [0.15, 0.2) is 60.7 Å². The van der Waals surface area contributed by atoms with Crippen molar-refractivity contribution in [2.24, 2.45) is 0 Å². The Morgan fingerprint density at radius 3 is 1.96 bits per heavy atom. The van der Waals surface area contributed by atoms with Gasteiger partial charge in [-0.1, -0.05) is 81.4 Å². The zero-order valence-electron chi connectivity index (χ0n) is 16.4. The van der Waals surface area contributed by atoms with E-state index in [2.05, 4.69) is 86.8 Å². The van der Waals surface area contributed by atoms with E-state index < -0.39 is 8.32 Å². The van der Waals surface area contributed by atoms with Gasteiger partial charge in [0.15, 0.2) is 0 Å². The summed E-state index contributed by atoms with van der Waals surface area (Å²) < 4.78 is 12.5. The second kappa shape index (κ2) is 8.05. The lowest BCUT2D eigenvalue weighted by molar-refractivity contribution is 0.161. The molecule has 1 fully saturated rings. The van der Waals surface area contributed by atoms with Gasteiger partial charge in [-0.15, -0.1) is 0 Å². The van der Waals surface area contributed by atoms with Crippen molar-refractivity contribution in [3.8, 4) is 0 Å². The number of rotatable bonds is 6. The summed E-state index contributed by atoms with van der Waals surface area (Å²) in [6.07, 6.45) is 1.21. The van der Waals surface area contributed by atoms with Gasteiger partial charge in [0.2, 0.25) is 0 Å². The van der Waals surface area contributed by atoms with Gasteiger partial charge >= 0.3 is 0 Å². The normalized spacial score (nSPS) is 21.1. The van der Waals surface area contributed by atoms with E-state index in [0.29, 0.717) is 6.04 Å². The topological polar surface area (TPSA) is 30.5 Å². The molecule has 1 heterocycles. The SMILES string of the molecule is COC[C@@H]1C[C@@H](O[Si](c2ccccc2)(c2ccccc2)C(C)(C)C)CN1. The molecule has 0 radical (unpaired) electrons. The van der Waals surface area contributed by atoms with E-state index in [-0.39, 0.29) is 11.1 Å². The third-order valence-corrected chi connectivity index (χ3v) is 10.4. The second-order valence-electron chi connectivity index (χ2n) is 8.20. The average molecular weight is 370 g/mol. The maximum Gasteiger partial charge on any atom is 0.261 e. The molecule has 26 heavy (non-hydrogen) atoms. The summed E-state index contributed by atoms with van der Waals surface area (Å²) in [4.78, 5) is 0. The van der Waals surface area contributed by atoms with Crippen LogP contribution in [0.3, 0.4) is 0 Å². The summed E-state index contributed by atoms with van der Waals surface area (Å²) in [5, 5.41) is 6.26. The van der Waals surface area contributed by atoms with Crippen LogP contribution in [-0.2, 0) is 9.16 Å². The molecule has 140 valence electrons. The second-order valence-corrected chi connectivity index (χ2v) is 12.5. The molecule has 1 N–H and O–H groups in total. The minimum absolute atomic E-state index is 0.0229. The highest BCUT2D eigenvalue weighted by Crippen LogP contribution is 2.38. The molecule has 0 bridgehead atoms. The third-order valence-electron chi connectivity index (χ3n) is 5.31. The Labute approximate surface area is 158 Å². The summed E-state index contributed by atoms with van der Waals surface area (Å²) in [7, 11) is -0.686. The molecular weight excluding hydrogens is 338 g/mol. The van der Waals surface area contributed by atoms with Crippen LogP contribution in [0.2, 0.25) is 5.04 Å². The Hall–Kier alpha value is -1.46. The van der Waals surface area contributed by atoms with Gasteiger partial charge < -0.3 is 14.5 Å². The molecule has 0 aromatic heterocycles. The van der Waals surface area contributed by atoms with Crippen LogP contribution < -0.4 is 15.7 Å². The molecule has 0 spiro atoms. The number of methoxy groups -OCH3 is 1. The van der Waals surface area contributed by atoms with Gasteiger partial charge in [0.05, 0.1) is 12.7 Å². The van der Waals surface area contributed by atoms with Crippen molar-refractivity contribution in [3.05, 3.63) is 60.7 Å². The number of benzene rings is 2. The van der Waals surface area contributed by atoms with Crippen LogP contribution in [-0.4, -0.2) is 40.7 Å². The van der Waals surface area contributed by atoms with Crippen molar-refractivity contribution < 1.29 is 9.16 Å². The first kappa shape index (κ1) is 19.3. The van der Waals surface area contributed by atoms with E-state index in [0.717, 1.165) is 19.6 Å². The van der Waals surface area contributed by atoms with Gasteiger partial charge in [-0.05, 0) is 21.8 Å². The lowest BCUT2D eigenvalue weighted by Gasteiger charge is -2.44. The van der Waals surface area contributed by atoms with Crippen molar-refractivity contribution >= 4 is 18.7 Å². The summed E-state index contributed by atoms with van der Waals surface area (Å²) >= 11 is 0. The van der Waals surface area contributed by atoms with Gasteiger partial charge in [-0.25, -0.2) is 0 Å². The van der Waals surface area contributed by atoms with Crippen LogP contribution in [0.5, 0.6) is 0 Å². The minimum Gasteiger partial charge on any atom is -0.403 e. The zero-order valence-corrected chi connectivity index (χ0v) is 17.4. The fourth-order valence-corrected chi connectivity index (χ4v) is 8.84. The highest BCUT2D eigenvalue weighted by molar-refractivity contribution is 6.99. The predicted molar refractivity (Wildman–Crippen MR) is 111 cm³/mol. The lowest BCUT2D eigenvalue weighted by Crippen LogP contribution is -2.67. The molecule has 0 unspecified atom stereocenters. The number of ether oxygens (including phenoxy) is 1. The van der Waals surface area contributed by atoms with E-state index in [1.54, 1.807) is 7.11 Å². The van der Waals surface area contributed by atoms with E-state index in [9.17, 15) is 0 Å². The first-order chi connectivity index (χ1) is 12.5. The molecule has 1 aliphatic heterocycles. The molecule has 2 aromatic rings. The minimum atomic E-state index is -2.45. The highest BCUT2D eigenvalue weighted by Gasteiger charge is 2.51. The Kier molecular flexibility index (Phi) is 5.98. The summed E-state index contributed by atoms with van der Waals surface area (Å²) in [6, 6.07) is 22.1. The summed E-state index contributed by atoms with van der Waals surface area (Å²) in [5.74, 6) is 0. The molecule has 0 aliphatic carbocycles. The molecule has 1 saturated heterocycles. The van der Waals surface area contributed by atoms with E-state index in [4.69, 9.17) is 9.16 Å². The van der Waals surface area contributed by atoms with Crippen LogP contribution in [0.25, 0.3) is 0 Å². The number of hydrogen-bond acceptors (Lipinski definition) is 3. The first-order valence-electron chi connectivity index (χ1n) is 9.48. The van der Waals surface area contributed by atoms with Crippen LogP contribution in [0.4, 0.5) is 0 Å². The zero-order chi connectivity index (χ0) is 18.6. The van der Waals surface area contributed by atoms with Crippen LogP contribution >= 0.6 is 0 Å². The lowest BCUT2D eigenvalue weighted by atomic mass is 10.2. The van der Waals surface area contributed by atoms with Crippen molar-refractivity contribution in [1.82, 2.24) is 5.32 Å². The van der Waals surface area contributed by atoms with Gasteiger partial charge in [-0.2, -0.15) is 0 Å². The smallest absolute Gasteiger partial charge is 0.261 e. The highest BCUT2D eigenvalue weighted by atomic mass is 28.4. The molecule has 1 aliphatic rings. The van der Waals surface area contributed by atoms with Crippen LogP contribution in [0.1, 0.15) is 27.2 Å². The third kappa shape index (κ3) is 3.79. The maximum atomic E-state index is 7.13. The summed E-state index contributed by atoms with van der Waals surface area (Å²) in [6.45, 7) is 8.61. The Morgan fingerprint density at radius 2 is 1.50 bits per heavy atom. The predicted octanol–water partition coefficient (Wildman–Crippen LogP) is 2.94. The number of nitrogens with one attached hydrogen (secondary N) is 1. The fraction of sp³-hybridized carbons (Fsp3) is 0.455. The van der Waals surface area contributed by atoms with Gasteiger partial charge in [0, 0.05) is 19.7 Å². The van der Waals surface area contributed by atoms with Crippen molar-refractivity contribution in [3.63, 3.8) is 0 Å². The Bertz CT molecular complexity index is 645. The summed E-state index contributed by atoms with van der Waals surface area (Å²) in [5.41, 5.74) is 0. The average Bonchev–Trinajstić information content (AvgIpc) is 3.07. The van der Waals surface area contributed by atoms with E-state index >= 15 is 0 Å². The molecule has 0 saturated carbocycles. The van der Waals surface area contributed by atoms with Gasteiger partial charge in [0.1, 0.15) is 0 Å². The molecule has 2 atom stereocenters. The standard InChI is InChI=1S/C22H31NO2Si/c1-22(2,3)26(20-11-7-5-8-12-20,21-13-9-6-10-14-21)25-19-15-18(17-24-4)23-16-19/h5-14,18-19,23H,15-17H2,1-4H3/t18-,19+/m0/s1. The van der Waals surface area contributed by atoms with Crippen molar-refractivity contribution in [2.45, 2.75) is 44.4 Å². The van der Waals surface area contributed by atoms with Gasteiger partial charge in [-0.3, -0.25) is 0 Å². The Balaban J connectivity index is 2.04. The maximum absolute atomic E-state index is 7.13. The molecule has 2 aromatic carbocycles. The van der Waals surface area contributed by atoms with Crippen molar-refractivity contribution in [2.75, 3.05) is 20.3 Å². The first-order valence-corrected chi connectivity index (χ1v) is 11.4. The molecular formula is C22H31NO2Si. The fourth-order valence-electron chi connectivity index (χ4n) is 4.14. The van der Waals surface area contributed by atoms with E-state index in [1.165, 1.54) is 10.4 Å². The largest absolute Gasteiger partial charge is 0.403 e. The molecule has 0 amide bonds. The molecule has 3 rings (SSSR count).